The first kappa shape index (κ1) is 23.1. The highest BCUT2D eigenvalue weighted by molar-refractivity contribution is 7.89. The minimum atomic E-state index is -3.60. The van der Waals surface area contributed by atoms with E-state index in [-0.39, 0.29) is 22.8 Å². The van der Waals surface area contributed by atoms with Crippen LogP contribution in [0.25, 0.3) is 0 Å². The summed E-state index contributed by atoms with van der Waals surface area (Å²) in [4.78, 5) is 14.3. The SMILES string of the molecule is CN(C)CCNC(=O)c1ccc(CNS(=O)(=O)c2ccc(C(C)(C)C)cc2)cc1. The number of sulfonamides is 1. The molecule has 0 heterocycles. The molecule has 0 spiro atoms. The van der Waals surface area contributed by atoms with E-state index in [1.54, 1.807) is 36.4 Å². The molecule has 0 bridgehead atoms. The van der Waals surface area contributed by atoms with Crippen LogP contribution in [0.1, 0.15) is 42.3 Å². The minimum Gasteiger partial charge on any atom is -0.351 e. The summed E-state index contributed by atoms with van der Waals surface area (Å²) in [5, 5.41) is 2.85. The lowest BCUT2D eigenvalue weighted by atomic mass is 9.87. The molecule has 2 aromatic rings. The predicted molar refractivity (Wildman–Crippen MR) is 116 cm³/mol. The van der Waals surface area contributed by atoms with Gasteiger partial charge in [0, 0.05) is 25.2 Å². The molecule has 0 saturated carbocycles. The second-order valence-corrected chi connectivity index (χ2v) is 10.1. The monoisotopic (exact) mass is 417 g/mol. The fourth-order valence-corrected chi connectivity index (χ4v) is 3.68. The van der Waals surface area contributed by atoms with Gasteiger partial charge >= 0.3 is 0 Å². The van der Waals surface area contributed by atoms with Gasteiger partial charge in [0.05, 0.1) is 4.90 Å². The van der Waals surface area contributed by atoms with Crippen LogP contribution in [0.4, 0.5) is 0 Å². The molecule has 0 aliphatic carbocycles. The van der Waals surface area contributed by atoms with Gasteiger partial charge in [-0.3, -0.25) is 4.79 Å². The molecule has 0 aliphatic rings. The average Bonchev–Trinajstić information content (AvgIpc) is 2.66. The summed E-state index contributed by atoms with van der Waals surface area (Å²) in [6.45, 7) is 7.75. The van der Waals surface area contributed by atoms with Crippen molar-refractivity contribution in [3.8, 4) is 0 Å². The highest BCUT2D eigenvalue weighted by atomic mass is 32.2. The van der Waals surface area contributed by atoms with E-state index in [1.807, 2.05) is 31.1 Å². The maximum Gasteiger partial charge on any atom is 0.251 e. The number of carbonyl (C=O) groups excluding carboxylic acids is 1. The van der Waals surface area contributed by atoms with Crippen molar-refractivity contribution in [1.82, 2.24) is 14.9 Å². The van der Waals surface area contributed by atoms with E-state index in [0.29, 0.717) is 12.1 Å². The van der Waals surface area contributed by atoms with Crippen molar-refractivity contribution in [3.05, 3.63) is 65.2 Å². The third kappa shape index (κ3) is 6.96. The molecule has 0 aromatic heterocycles. The third-order valence-corrected chi connectivity index (χ3v) is 5.97. The van der Waals surface area contributed by atoms with E-state index in [0.717, 1.165) is 17.7 Å². The molecular formula is C22H31N3O3S. The van der Waals surface area contributed by atoms with Crippen molar-refractivity contribution >= 4 is 15.9 Å². The Bertz CT molecular complexity index is 913. The second-order valence-electron chi connectivity index (χ2n) is 8.36. The number of hydrogen-bond acceptors (Lipinski definition) is 4. The Hall–Kier alpha value is -2.22. The van der Waals surface area contributed by atoms with E-state index in [2.05, 4.69) is 30.8 Å². The van der Waals surface area contributed by atoms with Gasteiger partial charge in [-0.25, -0.2) is 13.1 Å². The van der Waals surface area contributed by atoms with Gasteiger partial charge in [-0.2, -0.15) is 0 Å². The molecule has 0 atom stereocenters. The van der Waals surface area contributed by atoms with Crippen molar-refractivity contribution in [1.29, 1.82) is 0 Å². The molecule has 0 fully saturated rings. The number of rotatable bonds is 8. The van der Waals surface area contributed by atoms with Gasteiger partial charge in [0.1, 0.15) is 0 Å². The lowest BCUT2D eigenvalue weighted by Crippen LogP contribution is -2.31. The van der Waals surface area contributed by atoms with Crippen LogP contribution < -0.4 is 10.0 Å². The zero-order chi connectivity index (χ0) is 21.7. The van der Waals surface area contributed by atoms with Crippen LogP contribution in [0.2, 0.25) is 0 Å². The van der Waals surface area contributed by atoms with Gasteiger partial charge in [0.25, 0.3) is 5.91 Å². The Morgan fingerprint density at radius 3 is 2.07 bits per heavy atom. The summed E-state index contributed by atoms with van der Waals surface area (Å²) < 4.78 is 27.7. The molecule has 2 aromatic carbocycles. The van der Waals surface area contributed by atoms with Gasteiger partial charge < -0.3 is 10.2 Å². The van der Waals surface area contributed by atoms with Crippen molar-refractivity contribution in [2.75, 3.05) is 27.2 Å². The fraction of sp³-hybridized carbons (Fsp3) is 0.409. The van der Waals surface area contributed by atoms with E-state index in [9.17, 15) is 13.2 Å². The van der Waals surface area contributed by atoms with Crippen LogP contribution >= 0.6 is 0 Å². The van der Waals surface area contributed by atoms with Crippen LogP contribution in [-0.2, 0) is 22.0 Å². The van der Waals surface area contributed by atoms with Crippen molar-refractivity contribution in [2.45, 2.75) is 37.6 Å². The summed E-state index contributed by atoms with van der Waals surface area (Å²) in [6, 6.07) is 13.9. The van der Waals surface area contributed by atoms with Gasteiger partial charge in [0.2, 0.25) is 10.0 Å². The largest absolute Gasteiger partial charge is 0.351 e. The maximum absolute atomic E-state index is 12.5. The summed E-state index contributed by atoms with van der Waals surface area (Å²) in [7, 11) is 0.289. The maximum atomic E-state index is 12.5. The molecule has 6 nitrogen and oxygen atoms in total. The molecule has 0 saturated heterocycles. The third-order valence-electron chi connectivity index (χ3n) is 4.56. The standard InChI is InChI=1S/C22H31N3O3S/c1-22(2,3)19-10-12-20(13-11-19)29(27,28)24-16-17-6-8-18(9-7-17)21(26)23-14-15-25(4)5/h6-13,24H,14-16H2,1-5H3,(H,23,26). The molecular weight excluding hydrogens is 386 g/mol. The number of nitrogens with zero attached hydrogens (tertiary/aromatic N) is 1. The first-order chi connectivity index (χ1) is 13.5. The molecule has 7 heteroatoms. The van der Waals surface area contributed by atoms with Crippen LogP contribution in [-0.4, -0.2) is 46.4 Å². The molecule has 0 unspecified atom stereocenters. The number of nitrogens with one attached hydrogen (secondary N) is 2. The Morgan fingerprint density at radius 1 is 0.966 bits per heavy atom. The van der Waals surface area contributed by atoms with Crippen molar-refractivity contribution in [2.24, 2.45) is 0 Å². The highest BCUT2D eigenvalue weighted by Crippen LogP contribution is 2.23. The van der Waals surface area contributed by atoms with E-state index < -0.39 is 10.0 Å². The Morgan fingerprint density at radius 2 is 1.55 bits per heavy atom. The first-order valence-electron chi connectivity index (χ1n) is 9.61. The van der Waals surface area contributed by atoms with E-state index in [1.165, 1.54) is 0 Å². The quantitative estimate of drug-likeness (QED) is 0.692. The average molecular weight is 418 g/mol. The minimum absolute atomic E-state index is 0.0315. The smallest absolute Gasteiger partial charge is 0.251 e. The van der Waals surface area contributed by atoms with Crippen molar-refractivity contribution in [3.63, 3.8) is 0 Å². The summed E-state index contributed by atoms with van der Waals surface area (Å²) in [5.74, 6) is -0.141. The number of amides is 1. The van der Waals surface area contributed by atoms with Crippen LogP contribution in [0, 0.1) is 0 Å². The first-order valence-corrected chi connectivity index (χ1v) is 11.1. The number of hydrogen-bond donors (Lipinski definition) is 2. The van der Waals surface area contributed by atoms with Crippen LogP contribution in [0.3, 0.4) is 0 Å². The van der Waals surface area contributed by atoms with E-state index in [4.69, 9.17) is 0 Å². The fourth-order valence-electron chi connectivity index (χ4n) is 2.66. The molecule has 0 radical (unpaired) electrons. The lowest BCUT2D eigenvalue weighted by molar-refractivity contribution is 0.0951. The Balaban J connectivity index is 1.95. The number of likely N-dealkylation sites (N-methyl/N-ethyl adjacent to an activating group) is 1. The van der Waals surface area contributed by atoms with Gasteiger partial charge in [0.15, 0.2) is 0 Å². The Kier molecular flexibility index (Phi) is 7.57. The summed E-state index contributed by atoms with van der Waals surface area (Å²) in [5.41, 5.74) is 2.38. The highest BCUT2D eigenvalue weighted by Gasteiger charge is 2.17. The predicted octanol–water partition coefficient (Wildman–Crippen LogP) is 2.75. The van der Waals surface area contributed by atoms with Gasteiger partial charge in [-0.1, -0.05) is 45.0 Å². The lowest BCUT2D eigenvalue weighted by Gasteiger charge is -2.19. The molecule has 1 amide bonds. The zero-order valence-corrected chi connectivity index (χ0v) is 18.6. The molecule has 2 N–H and O–H groups in total. The zero-order valence-electron chi connectivity index (χ0n) is 17.8. The summed E-state index contributed by atoms with van der Waals surface area (Å²) >= 11 is 0. The molecule has 2 rings (SSSR count). The van der Waals surface area contributed by atoms with Crippen LogP contribution in [0.15, 0.2) is 53.4 Å². The Labute approximate surface area is 174 Å². The second kappa shape index (κ2) is 9.52. The van der Waals surface area contributed by atoms with Gasteiger partial charge in [-0.15, -0.1) is 0 Å². The molecule has 158 valence electrons. The summed E-state index contributed by atoms with van der Waals surface area (Å²) in [6.07, 6.45) is 0. The normalized spacial score (nSPS) is 12.2. The number of carbonyl (C=O) groups is 1. The molecule has 0 aliphatic heterocycles. The molecule has 29 heavy (non-hydrogen) atoms. The topological polar surface area (TPSA) is 78.5 Å². The van der Waals surface area contributed by atoms with E-state index >= 15 is 0 Å². The van der Waals surface area contributed by atoms with Gasteiger partial charge in [-0.05, 0) is 54.9 Å². The van der Waals surface area contributed by atoms with Crippen LogP contribution in [0.5, 0.6) is 0 Å². The number of benzene rings is 2. The van der Waals surface area contributed by atoms with Crippen molar-refractivity contribution < 1.29 is 13.2 Å².